The summed E-state index contributed by atoms with van der Waals surface area (Å²) < 4.78 is 85.8. The molecule has 33 nitrogen and oxygen atoms in total. The normalized spacial score (nSPS) is 25.5. The molecule has 0 spiro atoms. The minimum Gasteiger partial charge on any atom is -0.456 e. The zero-order valence-corrected chi connectivity index (χ0v) is 96.0. The molecule has 0 saturated carbocycles. The smallest absolute Gasteiger partial charge is 0.340 e. The molecule has 0 radical (unpaired) electrons. The Morgan fingerprint density at radius 3 is 0.986 bits per heavy atom. The summed E-state index contributed by atoms with van der Waals surface area (Å²) in [5.74, 6) is -4.23. The Morgan fingerprint density at radius 1 is 0.439 bits per heavy atom. The van der Waals surface area contributed by atoms with Crippen molar-refractivity contribution in [3.8, 4) is 0 Å². The van der Waals surface area contributed by atoms with E-state index in [9.17, 15) is 33.9 Å². The maximum atomic E-state index is 13.1. The number of aliphatic hydroxyl groups excluding tert-OH is 1. The average Bonchev–Trinajstić information content (AvgIpc) is 0.752. The minimum absolute atomic E-state index is 0. The molecule has 3 fully saturated rings. The van der Waals surface area contributed by atoms with Gasteiger partial charge in [0.15, 0.2) is 12.6 Å². The summed E-state index contributed by atoms with van der Waals surface area (Å²) in [6.07, 6.45) is 4.15. The van der Waals surface area contributed by atoms with Gasteiger partial charge in [-0.3, -0.25) is 0 Å². The maximum absolute atomic E-state index is 13.1. The second-order valence-electron chi connectivity index (χ2n) is 45.6. The Labute approximate surface area is 886 Å². The molecule has 4 aromatic rings. The van der Waals surface area contributed by atoms with Gasteiger partial charge in [0.25, 0.3) is 16.6 Å². The first kappa shape index (κ1) is 130. The average molecular weight is 2100 g/mol. The van der Waals surface area contributed by atoms with Crippen LogP contribution in [-0.2, 0) is 85.5 Å². The van der Waals surface area contributed by atoms with Gasteiger partial charge in [-0.1, -0.05) is 254 Å². The molecule has 3 N–H and O–H groups in total. The molecule has 24 atom stereocenters. The van der Waals surface area contributed by atoms with Crippen molar-refractivity contribution in [2.75, 3.05) is 83.2 Å². The lowest BCUT2D eigenvalue weighted by molar-refractivity contribution is -0.286. The lowest BCUT2D eigenvalue weighted by Crippen LogP contribution is -2.65. The molecule has 10 rings (SSSR count). The second kappa shape index (κ2) is 55.8. The summed E-state index contributed by atoms with van der Waals surface area (Å²) in [6, 6.07) is 41.1. The van der Waals surface area contributed by atoms with Crippen molar-refractivity contribution in [3.05, 3.63) is 187 Å². The number of aliphatic hydroxyl groups is 1. The van der Waals surface area contributed by atoms with Crippen LogP contribution < -0.4 is 20.7 Å². The zero-order chi connectivity index (χ0) is 110. The third-order valence-corrected chi connectivity index (χ3v) is 40.4. The van der Waals surface area contributed by atoms with Gasteiger partial charge in [-0.25, -0.2) is 14.4 Å². The number of ether oxygens (including phenoxy) is 14. The first-order valence-corrected chi connectivity index (χ1v) is 55.7. The number of aldehydes is 1. The predicted octanol–water partition coefficient (Wildman–Crippen LogP) is 20.2. The largest absolute Gasteiger partial charge is 0.456 e. The number of cyclic esters (lactones) is 3. The Bertz CT molecular complexity index is 5040. The van der Waals surface area contributed by atoms with Crippen LogP contribution in [0.1, 0.15) is 259 Å². The Kier molecular flexibility index (Phi) is 48.9. The Morgan fingerprint density at radius 2 is 0.709 bits per heavy atom. The molecule has 6 aliphatic heterocycles. The summed E-state index contributed by atoms with van der Waals surface area (Å²) in [5, 5.41) is 25.9. The van der Waals surface area contributed by atoms with Crippen LogP contribution in [0.2, 0.25) is 10.1 Å². The summed E-state index contributed by atoms with van der Waals surface area (Å²) >= 11 is 0. The van der Waals surface area contributed by atoms with Gasteiger partial charge in [0.05, 0.1) is 95.9 Å². The van der Waals surface area contributed by atoms with E-state index < -0.39 is 122 Å². The SMILES string of the molecule is C.C.CC1O[C@H](CN=[N+]=[N-])CC(N(C)C)[C@H]1C.CO[C@](C)(C[C@@H](C)C=O)[C@H](O[C@@H]1O[C@H](CN=[N+]=[N-])CC(N(C)C)[C@H]1C)[C@@H](C)C1=C(C)C(=O)OC(C)(C)O1.CO[C@](C)(C[C@@H](C)CCC(C)(C)[Si](O)(c1ccccc1)c1ccccc1)[C@H](O)[C@@H](C)C1=C(C)C(=O)OC(C)(C)O1.CO[C@](C)(C[C@@H](C)CCC(C)(C)[Si](O)(c1ccccc1)c1ccccc1)[C@H](O[C@@H]1O[C@H](CN=[N+]=[N-])CC(N(C)C)[C@H]1C)[C@@H](C)C1=C(C)C(=O)OC(C)(C)O1. The standard InChI is InChI=1S/C42H64N4O7Si.C33H48O6Si.C26H44N4O7.C10H20N4O.2CH4/c1-28(23-24-40(5,6)54(48,33-19-15-13-16-20-33)34-21-17-14-18-22-34)26-42(9,49-12)37(30(3)36-31(4)38(47)53-41(7,8)52-36)51-39-29(2)35(46(10)11)25-32(50-39)27-44-45-43;1-23(22-33(8,37-9)29(34)24(2)28-25(3)30(35)39-32(6,7)38-28)20-21-31(4,5)40(36,26-16-12-10-13-17-26)27-18-14-11-15-19-27;1-15(14-31)12-26(7,33-10)22(17(3)21-18(4)23(32)37-25(5,6)36-21)35-24-16(2)20(30(8)9)11-19(34-24)13-28-29-27;1-7-8(2)15-9(6-12-13-11)5-10(7)14(3)4;;/h13-22,28-30,32,35,37,39,48H,23-27H2,1-12H3;10-19,23-24,29,34,36H,20-22H2,1-9H3;14-17,19-20,22,24H,11-13H2,1-10H3;7-10H,5-6H2,1-4H3;2*1H4/t28-,29+,30-,32-,35?,37+,39-,42+;23-,24-,29+,33+;15-,16-,17+,19+,20?,22-,24+,26-;7-,8?,9-,10?;;/m0010../s1. The highest BCUT2D eigenvalue weighted by Crippen LogP contribution is 2.49. The summed E-state index contributed by atoms with van der Waals surface area (Å²) in [5.41, 5.74) is 24.7. The van der Waals surface area contributed by atoms with E-state index in [2.05, 4.69) is 159 Å². The fourth-order valence-electron chi connectivity index (χ4n) is 22.3. The van der Waals surface area contributed by atoms with Crippen LogP contribution in [0, 0.1) is 53.3 Å². The number of esters is 3. The molecule has 6 aliphatic rings. The van der Waals surface area contributed by atoms with E-state index in [0.717, 1.165) is 59.1 Å². The molecule has 148 heavy (non-hydrogen) atoms. The van der Waals surface area contributed by atoms with Crippen molar-refractivity contribution in [1.82, 2.24) is 14.7 Å². The fraction of sp³-hybridized carbons (Fsp3) is 0.699. The van der Waals surface area contributed by atoms with E-state index in [1.807, 2.05) is 167 Å². The van der Waals surface area contributed by atoms with Gasteiger partial charge in [0, 0.05) is 131 Å². The highest BCUT2D eigenvalue weighted by molar-refractivity contribution is 6.99. The third kappa shape index (κ3) is 32.7. The quantitative estimate of drug-likeness (QED) is 0.00704. The number of carbonyl (C=O) groups is 4. The monoisotopic (exact) mass is 2100 g/mol. The summed E-state index contributed by atoms with van der Waals surface area (Å²) in [4.78, 5) is 90.2. The first-order valence-electron chi connectivity index (χ1n) is 51.8. The van der Waals surface area contributed by atoms with Crippen LogP contribution in [0.25, 0.3) is 31.3 Å². The first-order chi connectivity index (χ1) is 68.1. The molecule has 4 unspecified atom stereocenters. The lowest BCUT2D eigenvalue weighted by atomic mass is 9.79. The number of carbonyl (C=O) groups excluding carboxylic acids is 4. The third-order valence-electron chi connectivity index (χ3n) is 31.3. The summed E-state index contributed by atoms with van der Waals surface area (Å²) in [7, 11) is 10.8. The second-order valence-corrected chi connectivity index (χ2v) is 53.5. The molecule has 0 aromatic heterocycles. The number of hydrogen-bond donors (Lipinski definition) is 3. The number of rotatable bonds is 44. The maximum Gasteiger partial charge on any atom is 0.340 e. The number of nitrogens with zero attached hydrogens (tertiary/aromatic N) is 12. The van der Waals surface area contributed by atoms with E-state index in [0.29, 0.717) is 84.6 Å². The molecule has 3 saturated heterocycles. The van der Waals surface area contributed by atoms with Gasteiger partial charge in [0.2, 0.25) is 17.4 Å². The highest BCUT2D eigenvalue weighted by Gasteiger charge is 2.56. The Hall–Kier alpha value is -8.62. The minimum atomic E-state index is -3.20. The van der Waals surface area contributed by atoms with Crippen LogP contribution in [0.3, 0.4) is 0 Å². The van der Waals surface area contributed by atoms with Crippen molar-refractivity contribution in [2.24, 2.45) is 68.6 Å². The number of methoxy groups -OCH3 is 3. The zero-order valence-electron chi connectivity index (χ0n) is 94.0. The van der Waals surface area contributed by atoms with Gasteiger partial charge in [0.1, 0.15) is 23.6 Å². The molecular formula is C113H184N12O21Si2. The number of azide groups is 3. The molecule has 0 bridgehead atoms. The van der Waals surface area contributed by atoms with E-state index in [1.165, 1.54) is 0 Å². The van der Waals surface area contributed by atoms with Gasteiger partial charge in [-0.05, 0) is 207 Å². The van der Waals surface area contributed by atoms with Crippen molar-refractivity contribution >= 4 is 61.6 Å². The van der Waals surface area contributed by atoms with E-state index in [-0.39, 0.29) is 99.1 Å². The molecule has 830 valence electrons. The molecule has 4 aromatic carbocycles. The van der Waals surface area contributed by atoms with E-state index in [4.69, 9.17) is 82.9 Å². The van der Waals surface area contributed by atoms with Gasteiger partial charge in [-0.15, -0.1) is 0 Å². The molecule has 6 heterocycles. The van der Waals surface area contributed by atoms with Crippen molar-refractivity contribution in [1.29, 1.82) is 0 Å². The lowest BCUT2D eigenvalue weighted by Gasteiger charge is -2.48. The molecule has 35 heteroatoms. The van der Waals surface area contributed by atoms with Crippen LogP contribution in [-0.4, -0.2) is 261 Å². The molecule has 0 aliphatic carbocycles. The molecule has 0 amide bonds. The van der Waals surface area contributed by atoms with Crippen LogP contribution in [0.5, 0.6) is 0 Å². The Balaban J connectivity index is 0.000000367. The van der Waals surface area contributed by atoms with Crippen LogP contribution in [0.4, 0.5) is 0 Å². The van der Waals surface area contributed by atoms with E-state index >= 15 is 0 Å². The van der Waals surface area contributed by atoms with Crippen LogP contribution >= 0.6 is 0 Å². The summed E-state index contributed by atoms with van der Waals surface area (Å²) in [6.45, 7) is 51.1. The van der Waals surface area contributed by atoms with Gasteiger partial charge >= 0.3 is 17.9 Å². The van der Waals surface area contributed by atoms with Gasteiger partial charge < -0.3 is 101 Å². The molecular weight excluding hydrogens is 1920 g/mol. The van der Waals surface area contributed by atoms with Gasteiger partial charge in [-0.2, -0.15) is 0 Å². The van der Waals surface area contributed by atoms with Crippen LogP contribution in [0.15, 0.2) is 171 Å². The van der Waals surface area contributed by atoms with Crippen molar-refractivity contribution < 1.29 is 100 Å². The van der Waals surface area contributed by atoms with Crippen molar-refractivity contribution in [2.45, 2.75) is 377 Å². The van der Waals surface area contributed by atoms with E-state index in [1.54, 1.807) is 83.6 Å². The number of benzene rings is 4. The number of hydrogen-bond acceptors (Lipinski definition) is 27. The highest BCUT2D eigenvalue weighted by atomic mass is 28.4. The topological polar surface area (TPSA) is 414 Å². The fourth-order valence-corrected chi connectivity index (χ4v) is 29.8. The van der Waals surface area contributed by atoms with Crippen molar-refractivity contribution in [3.63, 3.8) is 0 Å². The predicted molar refractivity (Wildman–Crippen MR) is 586 cm³/mol.